The molecule has 0 aliphatic carbocycles. The van der Waals surface area contributed by atoms with Crippen molar-refractivity contribution in [1.82, 2.24) is 15.5 Å². The molecule has 0 bridgehead atoms. The van der Waals surface area contributed by atoms with Crippen LogP contribution in [0, 0.1) is 0 Å². The number of likely N-dealkylation sites (tertiary alicyclic amines) is 1. The summed E-state index contributed by atoms with van der Waals surface area (Å²) in [5.74, 6) is 1.90. The molecule has 27 heavy (non-hydrogen) atoms. The minimum absolute atomic E-state index is 0.239. The van der Waals surface area contributed by atoms with Crippen LogP contribution >= 0.6 is 11.8 Å². The molecule has 0 aromatic carbocycles. The van der Waals surface area contributed by atoms with Gasteiger partial charge in [0.25, 0.3) is 0 Å². The van der Waals surface area contributed by atoms with E-state index in [1.807, 2.05) is 24.9 Å². The first-order valence-electron chi connectivity index (χ1n) is 10.1. The summed E-state index contributed by atoms with van der Waals surface area (Å²) in [7, 11) is 1.84. The zero-order chi connectivity index (χ0) is 19.0. The van der Waals surface area contributed by atoms with Crippen molar-refractivity contribution < 1.29 is 9.15 Å². The molecule has 0 radical (unpaired) electrons. The van der Waals surface area contributed by atoms with Gasteiger partial charge in [0, 0.05) is 38.1 Å². The highest BCUT2D eigenvalue weighted by Gasteiger charge is 2.32. The lowest BCUT2D eigenvalue weighted by molar-refractivity contribution is 0.0782. The summed E-state index contributed by atoms with van der Waals surface area (Å²) in [4.78, 5) is 6.97. The van der Waals surface area contributed by atoms with Crippen LogP contribution in [0.4, 0.5) is 0 Å². The van der Waals surface area contributed by atoms with E-state index in [9.17, 15) is 0 Å². The van der Waals surface area contributed by atoms with Gasteiger partial charge in [0.15, 0.2) is 5.96 Å². The Kier molecular flexibility index (Phi) is 7.91. The first kappa shape index (κ1) is 20.6. The Hall–Kier alpha value is -1.18. The third-order valence-electron chi connectivity index (χ3n) is 5.80. The zero-order valence-electron chi connectivity index (χ0n) is 16.7. The van der Waals surface area contributed by atoms with Crippen molar-refractivity contribution in [2.24, 2.45) is 4.99 Å². The molecule has 2 aliphatic rings. The van der Waals surface area contributed by atoms with Gasteiger partial charge in [0.05, 0.1) is 12.3 Å². The second-order valence-electron chi connectivity index (χ2n) is 7.43. The van der Waals surface area contributed by atoms with Crippen molar-refractivity contribution >= 4 is 17.7 Å². The van der Waals surface area contributed by atoms with E-state index in [0.717, 1.165) is 64.0 Å². The number of rotatable bonds is 7. The summed E-state index contributed by atoms with van der Waals surface area (Å²) in [6.45, 7) is 5.67. The normalized spacial score (nSPS) is 22.4. The molecule has 7 heteroatoms. The summed E-state index contributed by atoms with van der Waals surface area (Å²) in [6, 6.07) is 4.31. The first-order valence-corrected chi connectivity index (χ1v) is 11.3. The van der Waals surface area contributed by atoms with Crippen LogP contribution in [0.2, 0.25) is 0 Å². The van der Waals surface area contributed by atoms with Gasteiger partial charge in [-0.15, -0.1) is 0 Å². The van der Waals surface area contributed by atoms with E-state index in [-0.39, 0.29) is 10.8 Å². The monoisotopic (exact) mass is 394 g/mol. The summed E-state index contributed by atoms with van der Waals surface area (Å²) in [5, 5.41) is 7.08. The van der Waals surface area contributed by atoms with E-state index in [0.29, 0.717) is 0 Å². The van der Waals surface area contributed by atoms with Crippen LogP contribution < -0.4 is 10.6 Å². The van der Waals surface area contributed by atoms with Crippen molar-refractivity contribution in [1.29, 1.82) is 0 Å². The molecular formula is C20H34N4O2S. The van der Waals surface area contributed by atoms with E-state index in [4.69, 9.17) is 9.15 Å². The van der Waals surface area contributed by atoms with Crippen LogP contribution in [-0.2, 0) is 4.74 Å². The predicted molar refractivity (Wildman–Crippen MR) is 113 cm³/mol. The summed E-state index contributed by atoms with van der Waals surface area (Å²) < 4.78 is 11.5. The van der Waals surface area contributed by atoms with E-state index < -0.39 is 0 Å². The minimum atomic E-state index is 0.239. The van der Waals surface area contributed by atoms with Gasteiger partial charge >= 0.3 is 0 Å². The molecule has 2 fully saturated rings. The van der Waals surface area contributed by atoms with Crippen LogP contribution in [0.15, 0.2) is 27.8 Å². The van der Waals surface area contributed by atoms with E-state index in [1.165, 1.54) is 19.3 Å². The highest BCUT2D eigenvalue weighted by Crippen LogP contribution is 2.33. The van der Waals surface area contributed by atoms with Crippen molar-refractivity contribution in [2.75, 3.05) is 52.7 Å². The second kappa shape index (κ2) is 10.4. The van der Waals surface area contributed by atoms with Gasteiger partial charge in [-0.3, -0.25) is 9.89 Å². The van der Waals surface area contributed by atoms with Gasteiger partial charge in [0.1, 0.15) is 5.76 Å². The van der Waals surface area contributed by atoms with Crippen molar-refractivity contribution in [3.8, 4) is 0 Å². The van der Waals surface area contributed by atoms with Crippen LogP contribution in [-0.4, -0.2) is 68.3 Å². The van der Waals surface area contributed by atoms with Gasteiger partial charge in [-0.2, -0.15) is 11.8 Å². The molecule has 2 N–H and O–H groups in total. The van der Waals surface area contributed by atoms with Crippen LogP contribution in [0.25, 0.3) is 0 Å². The molecule has 152 valence electrons. The number of guanidine groups is 1. The van der Waals surface area contributed by atoms with Crippen molar-refractivity contribution in [2.45, 2.75) is 42.9 Å². The first-order chi connectivity index (χ1) is 13.3. The lowest BCUT2D eigenvalue weighted by Crippen LogP contribution is -2.49. The maximum Gasteiger partial charge on any atom is 0.191 e. The number of aliphatic imine (C=N–C) groups is 1. The summed E-state index contributed by atoms with van der Waals surface area (Å²) >= 11 is 1.94. The molecule has 1 aromatic heterocycles. The molecule has 2 aliphatic heterocycles. The fourth-order valence-electron chi connectivity index (χ4n) is 3.98. The Bertz CT molecular complexity index is 567. The number of nitrogens with one attached hydrogen (secondary N) is 2. The minimum Gasteiger partial charge on any atom is -0.468 e. The zero-order valence-corrected chi connectivity index (χ0v) is 17.5. The van der Waals surface area contributed by atoms with Crippen LogP contribution in [0.5, 0.6) is 0 Å². The Morgan fingerprint density at radius 3 is 2.67 bits per heavy atom. The van der Waals surface area contributed by atoms with E-state index in [2.05, 4.69) is 32.8 Å². The average molecular weight is 395 g/mol. The molecular weight excluding hydrogens is 360 g/mol. The lowest BCUT2D eigenvalue weighted by Gasteiger charge is -2.36. The molecule has 1 aromatic rings. The number of ether oxygens (including phenoxy) is 1. The van der Waals surface area contributed by atoms with Crippen LogP contribution in [0.3, 0.4) is 0 Å². The van der Waals surface area contributed by atoms with Gasteiger partial charge in [0.2, 0.25) is 0 Å². The number of piperidine rings is 1. The maximum atomic E-state index is 5.74. The summed E-state index contributed by atoms with van der Waals surface area (Å²) in [6.07, 6.45) is 10.0. The van der Waals surface area contributed by atoms with Gasteiger partial charge in [-0.25, -0.2) is 0 Å². The third-order valence-corrected chi connectivity index (χ3v) is 7.22. The number of hydrogen-bond donors (Lipinski definition) is 2. The summed E-state index contributed by atoms with van der Waals surface area (Å²) in [5.41, 5.74) is 0. The number of nitrogens with zero attached hydrogens (tertiary/aromatic N) is 2. The molecule has 0 spiro atoms. The highest BCUT2D eigenvalue weighted by molar-refractivity contribution is 8.00. The fourth-order valence-corrected chi connectivity index (χ4v) is 4.77. The van der Waals surface area contributed by atoms with Gasteiger partial charge in [-0.1, -0.05) is 6.42 Å². The number of hydrogen-bond acceptors (Lipinski definition) is 5. The Labute approximate surface area is 167 Å². The number of furan rings is 1. The molecule has 2 saturated heterocycles. The smallest absolute Gasteiger partial charge is 0.191 e. The van der Waals surface area contributed by atoms with Gasteiger partial charge < -0.3 is 19.8 Å². The lowest BCUT2D eigenvalue weighted by atomic mass is 9.99. The molecule has 0 amide bonds. The molecule has 3 rings (SSSR count). The van der Waals surface area contributed by atoms with Crippen molar-refractivity contribution in [3.63, 3.8) is 0 Å². The maximum absolute atomic E-state index is 5.74. The molecule has 3 heterocycles. The highest BCUT2D eigenvalue weighted by atomic mass is 32.2. The fraction of sp³-hybridized carbons (Fsp3) is 0.750. The Morgan fingerprint density at radius 1 is 1.26 bits per heavy atom. The average Bonchev–Trinajstić information content (AvgIpc) is 3.26. The largest absolute Gasteiger partial charge is 0.468 e. The van der Waals surface area contributed by atoms with E-state index >= 15 is 0 Å². The molecule has 1 unspecified atom stereocenters. The SMILES string of the molecule is CN=C(NCC(c1ccco1)N1CCCCC1)NCC1(SC)CCOCC1. The molecule has 6 nitrogen and oxygen atoms in total. The molecule has 1 atom stereocenters. The third kappa shape index (κ3) is 5.65. The Balaban J connectivity index is 1.56. The molecule has 0 saturated carbocycles. The number of thioether (sulfide) groups is 1. The van der Waals surface area contributed by atoms with E-state index in [1.54, 1.807) is 6.26 Å². The standard InChI is InChI=1S/C20H34N4O2S/c1-21-19(23-16-20(27-2)8-13-25-14-9-20)22-15-17(18-7-6-12-26-18)24-10-4-3-5-11-24/h6-7,12,17H,3-5,8-11,13-16H2,1-2H3,(H2,21,22,23). The van der Waals surface area contributed by atoms with Gasteiger partial charge in [-0.05, 0) is 57.2 Å². The second-order valence-corrected chi connectivity index (χ2v) is 8.71. The van der Waals surface area contributed by atoms with Crippen molar-refractivity contribution in [3.05, 3.63) is 24.2 Å². The Morgan fingerprint density at radius 2 is 2.04 bits per heavy atom. The quantitative estimate of drug-likeness (QED) is 0.548. The predicted octanol–water partition coefficient (Wildman–Crippen LogP) is 2.88. The van der Waals surface area contributed by atoms with Crippen LogP contribution in [0.1, 0.15) is 43.9 Å². The topological polar surface area (TPSA) is 62.0 Å².